The number of hydrogen-bond donors (Lipinski definition) is 1. The second-order valence-corrected chi connectivity index (χ2v) is 3.41. The lowest BCUT2D eigenvalue weighted by atomic mass is 10.0. The summed E-state index contributed by atoms with van der Waals surface area (Å²) in [4.78, 5) is 2.15. The van der Waals surface area contributed by atoms with Gasteiger partial charge in [-0.05, 0) is 43.6 Å². The molecule has 1 N–H and O–H groups in total. The molecule has 0 fully saturated rings. The van der Waals surface area contributed by atoms with Crippen molar-refractivity contribution < 1.29 is 0 Å². The molecule has 0 saturated heterocycles. The van der Waals surface area contributed by atoms with E-state index < -0.39 is 0 Å². The first kappa shape index (κ1) is 8.32. The molecule has 1 aromatic carbocycles. The topological polar surface area (TPSA) is 15.3 Å². The molecule has 1 atom stereocenters. The summed E-state index contributed by atoms with van der Waals surface area (Å²) < 4.78 is 0. The summed E-state index contributed by atoms with van der Waals surface area (Å²) >= 11 is 0. The van der Waals surface area contributed by atoms with Crippen molar-refractivity contribution in [2.45, 2.75) is 6.17 Å². The van der Waals surface area contributed by atoms with Gasteiger partial charge in [0.25, 0.3) is 0 Å². The van der Waals surface area contributed by atoms with Crippen LogP contribution in [0.5, 0.6) is 0 Å². The number of benzene rings is 1. The second kappa shape index (κ2) is 3.23. The number of rotatable bonds is 1. The van der Waals surface area contributed by atoms with Crippen LogP contribution in [0.25, 0.3) is 6.08 Å². The Kier molecular flexibility index (Phi) is 2.07. The second-order valence-electron chi connectivity index (χ2n) is 3.41. The zero-order valence-corrected chi connectivity index (χ0v) is 7.91. The summed E-state index contributed by atoms with van der Waals surface area (Å²) in [6.07, 6.45) is 4.30. The van der Waals surface area contributed by atoms with Crippen LogP contribution in [0, 0.1) is 6.07 Å². The van der Waals surface area contributed by atoms with Crippen molar-refractivity contribution in [2.75, 3.05) is 14.1 Å². The van der Waals surface area contributed by atoms with Crippen molar-refractivity contribution in [3.63, 3.8) is 0 Å². The van der Waals surface area contributed by atoms with E-state index in [1.54, 1.807) is 0 Å². The van der Waals surface area contributed by atoms with Gasteiger partial charge in [0.1, 0.15) is 6.17 Å². The van der Waals surface area contributed by atoms with Gasteiger partial charge < -0.3 is 5.32 Å². The van der Waals surface area contributed by atoms with Crippen LogP contribution in [0.15, 0.2) is 24.4 Å². The van der Waals surface area contributed by atoms with E-state index >= 15 is 0 Å². The van der Waals surface area contributed by atoms with Crippen molar-refractivity contribution in [2.24, 2.45) is 0 Å². The molecule has 2 heteroatoms. The SMILES string of the molecule is CN(C)C1NC=Cc2[c]cccc21. The van der Waals surface area contributed by atoms with E-state index in [1.807, 2.05) is 18.3 Å². The summed E-state index contributed by atoms with van der Waals surface area (Å²) in [7, 11) is 4.13. The highest BCUT2D eigenvalue weighted by Crippen LogP contribution is 2.23. The van der Waals surface area contributed by atoms with Gasteiger partial charge >= 0.3 is 0 Å². The molecule has 0 bridgehead atoms. The van der Waals surface area contributed by atoms with Gasteiger partial charge in [-0.25, -0.2) is 0 Å². The Hall–Kier alpha value is -1.28. The lowest BCUT2D eigenvalue weighted by Crippen LogP contribution is -2.32. The fourth-order valence-corrected chi connectivity index (χ4v) is 1.59. The lowest BCUT2D eigenvalue weighted by Gasteiger charge is -2.28. The molecule has 0 saturated carbocycles. The molecule has 1 aliphatic heterocycles. The van der Waals surface area contributed by atoms with Gasteiger partial charge in [0, 0.05) is 0 Å². The van der Waals surface area contributed by atoms with Crippen LogP contribution in [0.2, 0.25) is 0 Å². The van der Waals surface area contributed by atoms with E-state index in [9.17, 15) is 0 Å². The Morgan fingerprint density at radius 3 is 3.08 bits per heavy atom. The van der Waals surface area contributed by atoms with E-state index in [1.165, 1.54) is 11.1 Å². The van der Waals surface area contributed by atoms with Crippen molar-refractivity contribution in [1.29, 1.82) is 0 Å². The zero-order chi connectivity index (χ0) is 9.26. The Labute approximate surface area is 78.9 Å². The molecule has 2 nitrogen and oxygen atoms in total. The molecular weight excluding hydrogens is 160 g/mol. The van der Waals surface area contributed by atoms with E-state index in [4.69, 9.17) is 0 Å². The van der Waals surface area contributed by atoms with Crippen LogP contribution in [0.3, 0.4) is 0 Å². The molecule has 1 unspecified atom stereocenters. The van der Waals surface area contributed by atoms with Crippen molar-refractivity contribution in [3.8, 4) is 0 Å². The van der Waals surface area contributed by atoms with Gasteiger partial charge in [-0.3, -0.25) is 4.90 Å². The summed E-state index contributed by atoms with van der Waals surface area (Å²) in [5, 5.41) is 3.30. The van der Waals surface area contributed by atoms with Crippen LogP contribution >= 0.6 is 0 Å². The Balaban J connectivity index is 2.43. The molecule has 0 amide bonds. The largest absolute Gasteiger partial charge is 0.372 e. The van der Waals surface area contributed by atoms with Crippen LogP contribution in [0.4, 0.5) is 0 Å². The van der Waals surface area contributed by atoms with Crippen LogP contribution < -0.4 is 5.32 Å². The van der Waals surface area contributed by atoms with E-state index in [0.717, 1.165) is 0 Å². The lowest BCUT2D eigenvalue weighted by molar-refractivity contribution is 0.271. The molecule has 0 aromatic heterocycles. The summed E-state index contributed by atoms with van der Waals surface area (Å²) in [6.45, 7) is 0. The van der Waals surface area contributed by atoms with Crippen LogP contribution in [-0.2, 0) is 0 Å². The first-order chi connectivity index (χ1) is 6.29. The Morgan fingerprint density at radius 2 is 2.31 bits per heavy atom. The minimum atomic E-state index is 0.275. The molecule has 1 aromatic rings. The average molecular weight is 173 g/mol. The van der Waals surface area contributed by atoms with Crippen molar-refractivity contribution in [1.82, 2.24) is 10.2 Å². The minimum absolute atomic E-state index is 0.275. The van der Waals surface area contributed by atoms with E-state index in [-0.39, 0.29) is 6.17 Å². The average Bonchev–Trinajstić information content (AvgIpc) is 2.17. The monoisotopic (exact) mass is 173 g/mol. The predicted octanol–water partition coefficient (Wildman–Crippen LogP) is 1.62. The number of fused-ring (bicyclic) bond motifs is 1. The number of nitrogens with zero attached hydrogens (tertiary/aromatic N) is 1. The predicted molar refractivity (Wildman–Crippen MR) is 53.9 cm³/mol. The third-order valence-corrected chi connectivity index (χ3v) is 2.24. The molecule has 1 aliphatic rings. The van der Waals surface area contributed by atoms with Gasteiger partial charge in [0.05, 0.1) is 0 Å². The highest BCUT2D eigenvalue weighted by Gasteiger charge is 2.16. The summed E-state index contributed by atoms with van der Waals surface area (Å²) in [5.74, 6) is 0. The highest BCUT2D eigenvalue weighted by atomic mass is 15.2. The molecule has 1 heterocycles. The van der Waals surface area contributed by atoms with E-state index in [2.05, 4.69) is 42.5 Å². The molecule has 0 spiro atoms. The zero-order valence-electron chi connectivity index (χ0n) is 7.91. The van der Waals surface area contributed by atoms with E-state index in [0.29, 0.717) is 0 Å². The third kappa shape index (κ3) is 1.45. The molecule has 67 valence electrons. The fraction of sp³-hybridized carbons (Fsp3) is 0.273. The Bertz CT molecular complexity index is 329. The summed E-state index contributed by atoms with van der Waals surface area (Å²) in [5.41, 5.74) is 2.47. The number of hydrogen-bond acceptors (Lipinski definition) is 2. The third-order valence-electron chi connectivity index (χ3n) is 2.24. The quantitative estimate of drug-likeness (QED) is 0.694. The number of nitrogens with one attached hydrogen (secondary N) is 1. The highest BCUT2D eigenvalue weighted by molar-refractivity contribution is 5.56. The standard InChI is InChI=1S/C11H13N2/c1-13(2)11-10-6-4-3-5-9(10)7-8-12-11/h3-4,6-8,11-12H,1-2H3. The van der Waals surface area contributed by atoms with Gasteiger partial charge in [-0.2, -0.15) is 0 Å². The normalized spacial score (nSPS) is 19.8. The minimum Gasteiger partial charge on any atom is -0.372 e. The fourth-order valence-electron chi connectivity index (χ4n) is 1.59. The van der Waals surface area contributed by atoms with Gasteiger partial charge in [-0.1, -0.05) is 18.2 Å². The Morgan fingerprint density at radius 1 is 1.46 bits per heavy atom. The van der Waals surface area contributed by atoms with Gasteiger partial charge in [-0.15, -0.1) is 0 Å². The molecule has 0 aliphatic carbocycles. The molecule has 13 heavy (non-hydrogen) atoms. The maximum absolute atomic E-state index is 3.30. The first-order valence-electron chi connectivity index (χ1n) is 4.38. The maximum Gasteiger partial charge on any atom is 0.105 e. The van der Waals surface area contributed by atoms with Crippen molar-refractivity contribution in [3.05, 3.63) is 41.6 Å². The van der Waals surface area contributed by atoms with Gasteiger partial charge in [0.15, 0.2) is 0 Å². The summed E-state index contributed by atoms with van der Waals surface area (Å²) in [6, 6.07) is 9.32. The molecule has 2 rings (SSSR count). The van der Waals surface area contributed by atoms with Crippen LogP contribution in [0.1, 0.15) is 17.3 Å². The van der Waals surface area contributed by atoms with Gasteiger partial charge in [0.2, 0.25) is 0 Å². The first-order valence-corrected chi connectivity index (χ1v) is 4.38. The molecular formula is C11H13N2. The van der Waals surface area contributed by atoms with Crippen molar-refractivity contribution >= 4 is 6.08 Å². The smallest absolute Gasteiger partial charge is 0.105 e. The maximum atomic E-state index is 3.30. The van der Waals surface area contributed by atoms with Crippen LogP contribution in [-0.4, -0.2) is 19.0 Å². The molecule has 1 radical (unpaired) electrons.